The first-order valence-electron chi connectivity index (χ1n) is 7.46. The minimum absolute atomic E-state index is 0.0242. The van der Waals surface area contributed by atoms with Gasteiger partial charge in [0.25, 0.3) is 5.91 Å². The van der Waals surface area contributed by atoms with Crippen molar-refractivity contribution in [3.05, 3.63) is 59.7 Å². The van der Waals surface area contributed by atoms with Gasteiger partial charge < -0.3 is 15.4 Å². The molecular formula is C17H14Cl3F3N2O2. The summed E-state index contributed by atoms with van der Waals surface area (Å²) in [4.78, 5) is 12.4. The van der Waals surface area contributed by atoms with Crippen LogP contribution in [0.25, 0.3) is 0 Å². The minimum Gasteiger partial charge on any atom is -0.497 e. The molecule has 0 bridgehead atoms. The topological polar surface area (TPSA) is 50.4 Å². The summed E-state index contributed by atoms with van der Waals surface area (Å²) in [5.41, 5.74) is -0.603. The quantitative estimate of drug-likeness (QED) is 0.492. The number of amides is 1. The maximum atomic E-state index is 12.8. The molecule has 4 nitrogen and oxygen atoms in total. The molecule has 1 atom stereocenters. The lowest BCUT2D eigenvalue weighted by Gasteiger charge is -2.27. The second-order valence-corrected chi connectivity index (χ2v) is 7.77. The molecule has 2 aromatic rings. The van der Waals surface area contributed by atoms with E-state index in [1.54, 1.807) is 12.1 Å². The average Bonchev–Trinajstić information content (AvgIpc) is 2.60. The summed E-state index contributed by atoms with van der Waals surface area (Å²) in [6.07, 6.45) is -5.82. The van der Waals surface area contributed by atoms with Crippen molar-refractivity contribution < 1.29 is 22.7 Å². The molecule has 0 radical (unpaired) electrons. The fourth-order valence-electron chi connectivity index (χ4n) is 2.11. The number of alkyl halides is 6. The molecule has 0 fully saturated rings. The van der Waals surface area contributed by atoms with Crippen LogP contribution in [0.5, 0.6) is 5.75 Å². The van der Waals surface area contributed by atoms with Crippen molar-refractivity contribution in [3.8, 4) is 5.75 Å². The summed E-state index contributed by atoms with van der Waals surface area (Å²) in [6.45, 7) is 0. The Balaban J connectivity index is 2.19. The third-order valence-electron chi connectivity index (χ3n) is 3.46. The maximum absolute atomic E-state index is 12.8. The first kappa shape index (κ1) is 21.5. The summed E-state index contributed by atoms with van der Waals surface area (Å²) in [7, 11) is 1.48. The largest absolute Gasteiger partial charge is 0.497 e. The Morgan fingerprint density at radius 2 is 1.70 bits per heavy atom. The molecule has 27 heavy (non-hydrogen) atoms. The van der Waals surface area contributed by atoms with Gasteiger partial charge in [0.2, 0.25) is 3.79 Å². The van der Waals surface area contributed by atoms with Gasteiger partial charge >= 0.3 is 6.18 Å². The Morgan fingerprint density at radius 1 is 1.07 bits per heavy atom. The third-order valence-corrected chi connectivity index (χ3v) is 4.11. The van der Waals surface area contributed by atoms with Crippen molar-refractivity contribution in [2.24, 2.45) is 0 Å². The van der Waals surface area contributed by atoms with Gasteiger partial charge in [0, 0.05) is 11.3 Å². The molecule has 146 valence electrons. The fourth-order valence-corrected chi connectivity index (χ4v) is 2.44. The molecule has 0 aromatic heterocycles. The molecule has 1 amide bonds. The summed E-state index contributed by atoms with van der Waals surface area (Å²) < 4.78 is 41.5. The number of carbonyl (C=O) groups is 1. The van der Waals surface area contributed by atoms with E-state index in [-0.39, 0.29) is 11.3 Å². The predicted octanol–water partition coefficient (Wildman–Crippen LogP) is 5.25. The Bertz CT molecular complexity index is 793. The molecule has 0 aliphatic heterocycles. The molecule has 0 unspecified atom stereocenters. The van der Waals surface area contributed by atoms with E-state index in [0.29, 0.717) is 5.75 Å². The third kappa shape index (κ3) is 6.09. The van der Waals surface area contributed by atoms with Crippen LogP contribution in [0.1, 0.15) is 15.9 Å². The lowest BCUT2D eigenvalue weighted by molar-refractivity contribution is -0.137. The monoisotopic (exact) mass is 440 g/mol. The number of hydrogen-bond donors (Lipinski definition) is 2. The van der Waals surface area contributed by atoms with E-state index in [4.69, 9.17) is 39.5 Å². The van der Waals surface area contributed by atoms with Gasteiger partial charge in [-0.1, -0.05) is 40.9 Å². The molecule has 0 aliphatic rings. The average molecular weight is 442 g/mol. The zero-order valence-corrected chi connectivity index (χ0v) is 16.0. The highest BCUT2D eigenvalue weighted by Gasteiger charge is 2.35. The molecule has 0 heterocycles. The van der Waals surface area contributed by atoms with Crippen LogP contribution in [0.4, 0.5) is 18.9 Å². The number of nitrogens with one attached hydrogen (secondary N) is 2. The molecular weight excluding hydrogens is 428 g/mol. The summed E-state index contributed by atoms with van der Waals surface area (Å²) in [5.74, 6) is -0.0416. The van der Waals surface area contributed by atoms with Crippen LogP contribution in [-0.2, 0) is 6.18 Å². The van der Waals surface area contributed by atoms with Crippen LogP contribution >= 0.6 is 34.8 Å². The molecule has 2 N–H and O–H groups in total. The van der Waals surface area contributed by atoms with Crippen LogP contribution in [0.3, 0.4) is 0 Å². The summed E-state index contributed by atoms with van der Waals surface area (Å²) in [5, 5.41) is 5.05. The number of methoxy groups -OCH3 is 1. The van der Waals surface area contributed by atoms with E-state index in [9.17, 15) is 18.0 Å². The second kappa shape index (κ2) is 8.46. The summed E-state index contributed by atoms with van der Waals surface area (Å²) in [6, 6.07) is 10.4. The van der Waals surface area contributed by atoms with E-state index in [1.165, 1.54) is 31.4 Å². The Hall–Kier alpha value is -1.83. The van der Waals surface area contributed by atoms with Gasteiger partial charge in [-0.3, -0.25) is 4.79 Å². The Kier molecular flexibility index (Phi) is 6.72. The molecule has 0 saturated carbocycles. The minimum atomic E-state index is -4.53. The standard InChI is InChI=1S/C17H14Cl3F3N2O2/c1-27-13-7-5-10(6-8-13)14(26)25-15(16(18,19)20)24-12-4-2-3-11(9-12)17(21,22)23/h2-9,15,24H,1H3,(H,25,26)/t15-/m1/s1. The van der Waals surface area contributed by atoms with E-state index in [2.05, 4.69) is 10.6 Å². The number of benzene rings is 2. The molecule has 10 heteroatoms. The van der Waals surface area contributed by atoms with E-state index < -0.39 is 27.6 Å². The van der Waals surface area contributed by atoms with Crippen molar-refractivity contribution in [1.82, 2.24) is 5.32 Å². The van der Waals surface area contributed by atoms with Crippen LogP contribution < -0.4 is 15.4 Å². The SMILES string of the molecule is COc1ccc(C(=O)N[C@@H](Nc2cccc(C(F)(F)F)c2)C(Cl)(Cl)Cl)cc1. The van der Waals surface area contributed by atoms with E-state index in [1.807, 2.05) is 0 Å². The highest BCUT2D eigenvalue weighted by Crippen LogP contribution is 2.34. The summed E-state index contributed by atoms with van der Waals surface area (Å²) >= 11 is 17.6. The number of ether oxygens (including phenoxy) is 1. The molecule has 2 aromatic carbocycles. The first-order chi connectivity index (χ1) is 12.5. The van der Waals surface area contributed by atoms with Gasteiger partial charge in [0.05, 0.1) is 12.7 Å². The zero-order chi connectivity index (χ0) is 20.2. The smallest absolute Gasteiger partial charge is 0.416 e. The predicted molar refractivity (Wildman–Crippen MR) is 99.6 cm³/mol. The van der Waals surface area contributed by atoms with E-state index in [0.717, 1.165) is 12.1 Å². The molecule has 2 rings (SSSR count). The highest BCUT2D eigenvalue weighted by molar-refractivity contribution is 6.68. The van der Waals surface area contributed by atoms with Crippen molar-refractivity contribution in [2.75, 3.05) is 12.4 Å². The normalized spacial score (nSPS) is 13.0. The van der Waals surface area contributed by atoms with Crippen molar-refractivity contribution in [1.29, 1.82) is 0 Å². The second-order valence-electron chi connectivity index (χ2n) is 5.40. The van der Waals surface area contributed by atoms with Crippen molar-refractivity contribution in [2.45, 2.75) is 16.1 Å². The van der Waals surface area contributed by atoms with Crippen LogP contribution in [0.2, 0.25) is 0 Å². The van der Waals surface area contributed by atoms with Gasteiger partial charge in [0.1, 0.15) is 11.9 Å². The highest BCUT2D eigenvalue weighted by atomic mass is 35.6. The van der Waals surface area contributed by atoms with Crippen LogP contribution in [-0.4, -0.2) is 23.0 Å². The lowest BCUT2D eigenvalue weighted by atomic mass is 10.2. The van der Waals surface area contributed by atoms with Gasteiger partial charge in [-0.05, 0) is 42.5 Å². The Labute approximate surface area is 168 Å². The van der Waals surface area contributed by atoms with Gasteiger partial charge in [-0.2, -0.15) is 13.2 Å². The van der Waals surface area contributed by atoms with Crippen molar-refractivity contribution >= 4 is 46.4 Å². The molecule has 0 spiro atoms. The van der Waals surface area contributed by atoms with Crippen LogP contribution in [0, 0.1) is 0 Å². The molecule has 0 saturated heterocycles. The number of hydrogen-bond acceptors (Lipinski definition) is 3. The van der Waals surface area contributed by atoms with Gasteiger partial charge in [0.15, 0.2) is 0 Å². The number of rotatable bonds is 5. The fraction of sp³-hybridized carbons (Fsp3) is 0.235. The Morgan fingerprint density at radius 3 is 2.22 bits per heavy atom. The van der Waals surface area contributed by atoms with Crippen molar-refractivity contribution in [3.63, 3.8) is 0 Å². The maximum Gasteiger partial charge on any atom is 0.416 e. The number of anilines is 1. The lowest BCUT2D eigenvalue weighted by Crippen LogP contribution is -2.49. The van der Waals surface area contributed by atoms with Gasteiger partial charge in [-0.15, -0.1) is 0 Å². The zero-order valence-electron chi connectivity index (χ0n) is 13.8. The van der Waals surface area contributed by atoms with Crippen LogP contribution in [0.15, 0.2) is 48.5 Å². The first-order valence-corrected chi connectivity index (χ1v) is 8.59. The van der Waals surface area contributed by atoms with E-state index >= 15 is 0 Å². The molecule has 0 aliphatic carbocycles. The number of carbonyl (C=O) groups excluding carboxylic acids is 1. The number of halogens is 6. The van der Waals surface area contributed by atoms with Gasteiger partial charge in [-0.25, -0.2) is 0 Å².